The molecule has 19 heavy (non-hydrogen) atoms. The number of benzene rings is 1. The van der Waals surface area contributed by atoms with Crippen molar-refractivity contribution in [2.45, 2.75) is 6.42 Å². The van der Waals surface area contributed by atoms with Gasteiger partial charge in [-0.15, -0.1) is 0 Å². The van der Waals surface area contributed by atoms with Crippen LogP contribution in [0.5, 0.6) is 17.2 Å². The standard InChI is InChI=1S/C13H17BrO5/c1-16-10-7-9(13(15)19-6-4-5-14)8-11(17-2)12(10)18-3/h7-8H,4-6H2,1-3H3. The first-order valence-electron chi connectivity index (χ1n) is 5.71. The normalized spacial score (nSPS) is 9.89. The van der Waals surface area contributed by atoms with Gasteiger partial charge in [-0.1, -0.05) is 15.9 Å². The number of rotatable bonds is 7. The Morgan fingerprint density at radius 3 is 2.11 bits per heavy atom. The van der Waals surface area contributed by atoms with Crippen molar-refractivity contribution in [3.05, 3.63) is 17.7 Å². The van der Waals surface area contributed by atoms with Crippen LogP contribution in [0.4, 0.5) is 0 Å². The zero-order valence-electron chi connectivity index (χ0n) is 11.2. The molecule has 1 aromatic carbocycles. The van der Waals surface area contributed by atoms with Crippen LogP contribution in [0.25, 0.3) is 0 Å². The third-order valence-electron chi connectivity index (χ3n) is 2.41. The fourth-order valence-electron chi connectivity index (χ4n) is 1.50. The number of alkyl halides is 1. The molecule has 6 heteroatoms. The fourth-order valence-corrected chi connectivity index (χ4v) is 1.73. The van der Waals surface area contributed by atoms with Gasteiger partial charge in [-0.25, -0.2) is 4.79 Å². The highest BCUT2D eigenvalue weighted by atomic mass is 79.9. The van der Waals surface area contributed by atoms with Crippen molar-refractivity contribution < 1.29 is 23.7 Å². The molecular formula is C13H17BrO5. The highest BCUT2D eigenvalue weighted by Crippen LogP contribution is 2.38. The van der Waals surface area contributed by atoms with Crippen molar-refractivity contribution >= 4 is 21.9 Å². The molecule has 0 aromatic heterocycles. The van der Waals surface area contributed by atoms with Gasteiger partial charge < -0.3 is 18.9 Å². The van der Waals surface area contributed by atoms with Gasteiger partial charge in [0.1, 0.15) is 0 Å². The van der Waals surface area contributed by atoms with Gasteiger partial charge in [0.15, 0.2) is 11.5 Å². The minimum atomic E-state index is -0.416. The topological polar surface area (TPSA) is 54.0 Å². The first-order chi connectivity index (χ1) is 9.17. The van der Waals surface area contributed by atoms with E-state index in [0.29, 0.717) is 29.4 Å². The van der Waals surface area contributed by atoms with Crippen LogP contribution in [-0.4, -0.2) is 39.2 Å². The van der Waals surface area contributed by atoms with Crippen LogP contribution in [0.15, 0.2) is 12.1 Å². The zero-order valence-corrected chi connectivity index (χ0v) is 12.8. The molecule has 0 spiro atoms. The van der Waals surface area contributed by atoms with Gasteiger partial charge in [0.2, 0.25) is 5.75 Å². The summed E-state index contributed by atoms with van der Waals surface area (Å²) in [6.45, 7) is 0.362. The van der Waals surface area contributed by atoms with Crippen LogP contribution in [0.3, 0.4) is 0 Å². The summed E-state index contributed by atoms with van der Waals surface area (Å²) in [5.74, 6) is 0.880. The summed E-state index contributed by atoms with van der Waals surface area (Å²) in [4.78, 5) is 11.9. The molecule has 106 valence electrons. The average Bonchev–Trinajstić information content (AvgIpc) is 2.45. The minimum Gasteiger partial charge on any atom is -0.493 e. The Bertz CT molecular complexity index is 408. The van der Waals surface area contributed by atoms with E-state index in [1.54, 1.807) is 12.1 Å². The predicted molar refractivity (Wildman–Crippen MR) is 74.8 cm³/mol. The molecule has 0 N–H and O–H groups in total. The highest BCUT2D eigenvalue weighted by Gasteiger charge is 2.17. The van der Waals surface area contributed by atoms with Crippen molar-refractivity contribution in [3.63, 3.8) is 0 Å². The van der Waals surface area contributed by atoms with E-state index in [1.807, 2.05) is 0 Å². The van der Waals surface area contributed by atoms with Crippen molar-refractivity contribution in [1.29, 1.82) is 0 Å². The number of carbonyl (C=O) groups is 1. The van der Waals surface area contributed by atoms with Gasteiger partial charge in [0.25, 0.3) is 0 Å². The Hall–Kier alpha value is -1.43. The molecule has 1 rings (SSSR count). The van der Waals surface area contributed by atoms with E-state index in [-0.39, 0.29) is 0 Å². The Balaban J connectivity index is 2.98. The maximum atomic E-state index is 11.9. The molecule has 0 heterocycles. The lowest BCUT2D eigenvalue weighted by Gasteiger charge is -2.13. The Morgan fingerprint density at radius 2 is 1.68 bits per heavy atom. The lowest BCUT2D eigenvalue weighted by atomic mass is 10.2. The summed E-state index contributed by atoms with van der Waals surface area (Å²) in [5, 5.41) is 0.787. The highest BCUT2D eigenvalue weighted by molar-refractivity contribution is 9.09. The summed E-state index contributed by atoms with van der Waals surface area (Å²) in [7, 11) is 4.50. The Kier molecular flexibility index (Phi) is 6.49. The van der Waals surface area contributed by atoms with E-state index in [2.05, 4.69) is 15.9 Å². The van der Waals surface area contributed by atoms with Gasteiger partial charge in [-0.05, 0) is 18.6 Å². The number of hydrogen-bond acceptors (Lipinski definition) is 5. The summed E-state index contributed by atoms with van der Waals surface area (Å²) in [5.41, 5.74) is 0.365. The first-order valence-corrected chi connectivity index (χ1v) is 6.83. The monoisotopic (exact) mass is 332 g/mol. The van der Waals surface area contributed by atoms with E-state index in [4.69, 9.17) is 18.9 Å². The van der Waals surface area contributed by atoms with Crippen molar-refractivity contribution in [3.8, 4) is 17.2 Å². The minimum absolute atomic E-state index is 0.362. The quantitative estimate of drug-likeness (QED) is 0.436. The molecular weight excluding hydrogens is 316 g/mol. The molecule has 0 aliphatic carbocycles. The van der Waals surface area contributed by atoms with Crippen LogP contribution >= 0.6 is 15.9 Å². The fraction of sp³-hybridized carbons (Fsp3) is 0.462. The van der Waals surface area contributed by atoms with Gasteiger partial charge in [0.05, 0.1) is 33.5 Å². The number of ether oxygens (including phenoxy) is 4. The first kappa shape index (κ1) is 15.6. The second-order valence-corrected chi connectivity index (χ2v) is 4.39. The van der Waals surface area contributed by atoms with Gasteiger partial charge in [-0.3, -0.25) is 0 Å². The smallest absolute Gasteiger partial charge is 0.338 e. The van der Waals surface area contributed by atoms with Crippen molar-refractivity contribution in [2.24, 2.45) is 0 Å². The molecule has 0 fully saturated rings. The number of hydrogen-bond donors (Lipinski definition) is 0. The lowest BCUT2D eigenvalue weighted by Crippen LogP contribution is -2.08. The van der Waals surface area contributed by atoms with E-state index in [1.165, 1.54) is 21.3 Å². The molecule has 1 aromatic rings. The molecule has 0 bridgehead atoms. The van der Waals surface area contributed by atoms with E-state index in [0.717, 1.165) is 11.8 Å². The van der Waals surface area contributed by atoms with Crippen LogP contribution < -0.4 is 14.2 Å². The van der Waals surface area contributed by atoms with Gasteiger partial charge in [-0.2, -0.15) is 0 Å². The SMILES string of the molecule is COc1cc(C(=O)OCCCBr)cc(OC)c1OC. The molecule has 0 saturated carbocycles. The second-order valence-electron chi connectivity index (χ2n) is 3.59. The third kappa shape index (κ3) is 4.02. The summed E-state index contributed by atoms with van der Waals surface area (Å²) in [6.07, 6.45) is 0.760. The molecule has 0 amide bonds. The number of methoxy groups -OCH3 is 3. The van der Waals surface area contributed by atoms with Gasteiger partial charge in [0, 0.05) is 5.33 Å². The Labute approximate surface area is 120 Å². The molecule has 0 aliphatic rings. The summed E-state index contributed by atoms with van der Waals surface area (Å²) < 4.78 is 20.7. The van der Waals surface area contributed by atoms with Crippen LogP contribution in [-0.2, 0) is 4.74 Å². The van der Waals surface area contributed by atoms with Crippen LogP contribution in [0.2, 0.25) is 0 Å². The van der Waals surface area contributed by atoms with Crippen molar-refractivity contribution in [1.82, 2.24) is 0 Å². The molecule has 5 nitrogen and oxygen atoms in total. The second kappa shape index (κ2) is 7.89. The zero-order chi connectivity index (χ0) is 14.3. The summed E-state index contributed by atoms with van der Waals surface area (Å²) in [6, 6.07) is 3.13. The number of carbonyl (C=O) groups excluding carboxylic acids is 1. The lowest BCUT2D eigenvalue weighted by molar-refractivity contribution is 0.0505. The Morgan fingerprint density at radius 1 is 1.11 bits per heavy atom. The molecule has 0 aliphatic heterocycles. The molecule has 0 saturated heterocycles. The van der Waals surface area contributed by atoms with Crippen LogP contribution in [0.1, 0.15) is 16.8 Å². The van der Waals surface area contributed by atoms with Crippen molar-refractivity contribution in [2.75, 3.05) is 33.3 Å². The average molecular weight is 333 g/mol. The largest absolute Gasteiger partial charge is 0.493 e. The van der Waals surface area contributed by atoms with Gasteiger partial charge >= 0.3 is 5.97 Å². The van der Waals surface area contributed by atoms with E-state index >= 15 is 0 Å². The predicted octanol–water partition coefficient (Wildman–Crippen LogP) is 2.65. The molecule has 0 radical (unpaired) electrons. The molecule has 0 unspecified atom stereocenters. The van der Waals surface area contributed by atoms with Crippen LogP contribution in [0, 0.1) is 0 Å². The summed E-state index contributed by atoms with van der Waals surface area (Å²) >= 11 is 3.27. The van der Waals surface area contributed by atoms with E-state index < -0.39 is 5.97 Å². The number of esters is 1. The maximum absolute atomic E-state index is 11.9. The third-order valence-corrected chi connectivity index (χ3v) is 2.97. The molecule has 0 atom stereocenters. The number of halogens is 1. The maximum Gasteiger partial charge on any atom is 0.338 e. The van der Waals surface area contributed by atoms with E-state index in [9.17, 15) is 4.79 Å².